The second kappa shape index (κ2) is 7.59. The number of nitrogens with zero attached hydrogens (tertiary/aromatic N) is 1. The number of rotatable bonds is 5. The second-order valence-corrected chi connectivity index (χ2v) is 8.33. The molecule has 6 nitrogen and oxygen atoms in total. The lowest BCUT2D eigenvalue weighted by atomic mass is 10.2. The first-order chi connectivity index (χ1) is 11.9. The molecule has 3 rings (SSSR count). The number of carbonyl (C=O) groups excluding carboxylic acids is 1. The fourth-order valence-electron chi connectivity index (χ4n) is 2.64. The molecule has 0 N–H and O–H groups in total. The van der Waals surface area contributed by atoms with Gasteiger partial charge < -0.3 is 14.1 Å². The number of benzene rings is 1. The molecule has 0 spiro atoms. The molecule has 0 saturated carbocycles. The summed E-state index contributed by atoms with van der Waals surface area (Å²) in [7, 11) is -3.44. The fraction of sp³-hybridized carbons (Fsp3) is 0.353. The Hall–Kier alpha value is -1.83. The summed E-state index contributed by atoms with van der Waals surface area (Å²) in [5, 5.41) is 0.490. The highest BCUT2D eigenvalue weighted by Crippen LogP contribution is 2.18. The standard InChI is InChI=1S/C17H18ClNO5S/c18-14-3-1-2-13(10-14)11-25(21,22)12-15-4-5-16(24-15)17(20)19-6-8-23-9-7-19/h1-5,10H,6-9,11-12H2. The van der Waals surface area contributed by atoms with Crippen LogP contribution in [0.4, 0.5) is 0 Å². The zero-order valence-corrected chi connectivity index (χ0v) is 15.1. The summed E-state index contributed by atoms with van der Waals surface area (Å²) in [6, 6.07) is 9.77. The van der Waals surface area contributed by atoms with Crippen LogP contribution in [0.3, 0.4) is 0 Å². The van der Waals surface area contributed by atoms with E-state index in [-0.39, 0.29) is 28.9 Å². The van der Waals surface area contributed by atoms with Crippen molar-refractivity contribution in [1.29, 1.82) is 0 Å². The van der Waals surface area contributed by atoms with Crippen LogP contribution in [0.1, 0.15) is 21.9 Å². The summed E-state index contributed by atoms with van der Waals surface area (Å²) in [6.45, 7) is 1.99. The summed E-state index contributed by atoms with van der Waals surface area (Å²) in [6.07, 6.45) is 0. The third kappa shape index (κ3) is 4.84. The minimum Gasteiger partial charge on any atom is -0.455 e. The van der Waals surface area contributed by atoms with Crippen LogP contribution in [0.15, 0.2) is 40.8 Å². The van der Waals surface area contributed by atoms with Gasteiger partial charge in [-0.15, -0.1) is 0 Å². The van der Waals surface area contributed by atoms with Crippen molar-refractivity contribution < 1.29 is 22.4 Å². The normalized spacial score (nSPS) is 15.3. The summed E-state index contributed by atoms with van der Waals surface area (Å²) >= 11 is 5.88. The molecular weight excluding hydrogens is 366 g/mol. The van der Waals surface area contributed by atoms with Gasteiger partial charge in [0.25, 0.3) is 5.91 Å². The van der Waals surface area contributed by atoms with Crippen molar-refractivity contribution >= 4 is 27.3 Å². The summed E-state index contributed by atoms with van der Waals surface area (Å²) in [5.41, 5.74) is 0.615. The highest BCUT2D eigenvalue weighted by atomic mass is 35.5. The van der Waals surface area contributed by atoms with Gasteiger partial charge >= 0.3 is 0 Å². The van der Waals surface area contributed by atoms with E-state index in [9.17, 15) is 13.2 Å². The van der Waals surface area contributed by atoms with Crippen molar-refractivity contribution in [3.05, 3.63) is 58.5 Å². The molecule has 2 aromatic rings. The van der Waals surface area contributed by atoms with Crippen LogP contribution >= 0.6 is 11.6 Å². The van der Waals surface area contributed by atoms with Crippen molar-refractivity contribution in [3.8, 4) is 0 Å². The molecule has 0 unspecified atom stereocenters. The molecule has 0 atom stereocenters. The molecule has 1 aliphatic rings. The average molecular weight is 384 g/mol. The summed E-state index contributed by atoms with van der Waals surface area (Å²) < 4.78 is 35.4. The second-order valence-electron chi connectivity index (χ2n) is 5.83. The van der Waals surface area contributed by atoms with E-state index < -0.39 is 9.84 Å². The van der Waals surface area contributed by atoms with Crippen molar-refractivity contribution in [2.24, 2.45) is 0 Å². The highest BCUT2D eigenvalue weighted by Gasteiger charge is 2.23. The quantitative estimate of drug-likeness (QED) is 0.792. The molecule has 8 heteroatoms. The van der Waals surface area contributed by atoms with E-state index in [2.05, 4.69) is 0 Å². The van der Waals surface area contributed by atoms with Gasteiger partial charge in [0.1, 0.15) is 11.5 Å². The van der Waals surface area contributed by atoms with Gasteiger partial charge in [-0.3, -0.25) is 4.79 Å². The van der Waals surface area contributed by atoms with Crippen LogP contribution in [0.5, 0.6) is 0 Å². The number of hydrogen-bond acceptors (Lipinski definition) is 5. The van der Waals surface area contributed by atoms with Crippen LogP contribution in [0.25, 0.3) is 0 Å². The molecule has 0 bridgehead atoms. The first kappa shape index (κ1) is 18.0. The smallest absolute Gasteiger partial charge is 0.289 e. The number of furan rings is 1. The third-order valence-corrected chi connectivity index (χ3v) is 5.54. The van der Waals surface area contributed by atoms with Gasteiger partial charge in [0, 0.05) is 18.1 Å². The van der Waals surface area contributed by atoms with Crippen LogP contribution in [0.2, 0.25) is 5.02 Å². The lowest BCUT2D eigenvalue weighted by molar-refractivity contribution is 0.0282. The summed E-state index contributed by atoms with van der Waals surface area (Å²) in [5.74, 6) is -0.257. The van der Waals surface area contributed by atoms with Crippen molar-refractivity contribution in [2.45, 2.75) is 11.5 Å². The molecule has 1 amide bonds. The number of halogens is 1. The Balaban J connectivity index is 1.66. The topological polar surface area (TPSA) is 76.8 Å². The predicted molar refractivity (Wildman–Crippen MR) is 93.2 cm³/mol. The van der Waals surface area contributed by atoms with Crippen molar-refractivity contribution in [3.63, 3.8) is 0 Å². The minimum atomic E-state index is -3.44. The third-order valence-electron chi connectivity index (χ3n) is 3.81. The molecule has 1 aromatic heterocycles. The zero-order chi connectivity index (χ0) is 17.9. The number of sulfone groups is 1. The number of morpholine rings is 1. The van der Waals surface area contributed by atoms with Crippen LogP contribution < -0.4 is 0 Å². The largest absolute Gasteiger partial charge is 0.455 e. The number of amides is 1. The molecule has 2 heterocycles. The Morgan fingerprint density at radius 2 is 1.88 bits per heavy atom. The van der Waals surface area contributed by atoms with Gasteiger partial charge in [0.15, 0.2) is 15.6 Å². The van der Waals surface area contributed by atoms with Crippen LogP contribution in [-0.4, -0.2) is 45.5 Å². The zero-order valence-electron chi connectivity index (χ0n) is 13.5. The molecule has 134 valence electrons. The van der Waals surface area contributed by atoms with Gasteiger partial charge in [-0.25, -0.2) is 8.42 Å². The lowest BCUT2D eigenvalue weighted by Gasteiger charge is -2.25. The molecular formula is C17H18ClNO5S. The maximum atomic E-state index is 12.3. The molecule has 0 aliphatic carbocycles. The molecule has 1 aliphatic heterocycles. The monoisotopic (exact) mass is 383 g/mol. The van der Waals surface area contributed by atoms with E-state index >= 15 is 0 Å². The maximum absolute atomic E-state index is 12.3. The Bertz CT molecular complexity index is 855. The lowest BCUT2D eigenvalue weighted by Crippen LogP contribution is -2.40. The minimum absolute atomic E-state index is 0.138. The van der Waals surface area contributed by atoms with Gasteiger partial charge in [-0.1, -0.05) is 23.7 Å². The van der Waals surface area contributed by atoms with Gasteiger partial charge in [0.05, 0.1) is 19.0 Å². The summed E-state index contributed by atoms with van der Waals surface area (Å²) in [4.78, 5) is 14.0. The fourth-order valence-corrected chi connectivity index (χ4v) is 4.23. The van der Waals surface area contributed by atoms with E-state index in [1.165, 1.54) is 12.1 Å². The number of hydrogen-bond donors (Lipinski definition) is 0. The Morgan fingerprint density at radius 1 is 1.12 bits per heavy atom. The first-order valence-electron chi connectivity index (χ1n) is 7.83. The van der Waals surface area contributed by atoms with E-state index in [4.69, 9.17) is 20.8 Å². The van der Waals surface area contributed by atoms with Gasteiger partial charge in [0.2, 0.25) is 0 Å². The number of carbonyl (C=O) groups is 1. The van der Waals surface area contributed by atoms with E-state index in [0.717, 1.165) is 0 Å². The highest BCUT2D eigenvalue weighted by molar-refractivity contribution is 7.89. The number of ether oxygens (including phenoxy) is 1. The Morgan fingerprint density at radius 3 is 2.60 bits per heavy atom. The average Bonchev–Trinajstić information content (AvgIpc) is 3.02. The van der Waals surface area contributed by atoms with Gasteiger partial charge in [-0.05, 0) is 29.8 Å². The molecule has 1 saturated heterocycles. The molecule has 25 heavy (non-hydrogen) atoms. The van der Waals surface area contributed by atoms with E-state index in [1.54, 1.807) is 29.2 Å². The van der Waals surface area contributed by atoms with Crippen LogP contribution in [-0.2, 0) is 26.1 Å². The molecule has 1 fully saturated rings. The van der Waals surface area contributed by atoms with E-state index in [0.29, 0.717) is 36.9 Å². The van der Waals surface area contributed by atoms with Crippen LogP contribution in [0, 0.1) is 0 Å². The van der Waals surface area contributed by atoms with Crippen molar-refractivity contribution in [1.82, 2.24) is 4.90 Å². The molecule has 0 radical (unpaired) electrons. The first-order valence-corrected chi connectivity index (χ1v) is 10.0. The SMILES string of the molecule is O=C(c1ccc(CS(=O)(=O)Cc2cccc(Cl)c2)o1)N1CCOCC1. The Labute approximate surface area is 151 Å². The van der Waals surface area contributed by atoms with Gasteiger partial charge in [-0.2, -0.15) is 0 Å². The predicted octanol–water partition coefficient (Wildman–Crippen LogP) is 2.52. The molecule has 1 aromatic carbocycles. The maximum Gasteiger partial charge on any atom is 0.289 e. The van der Waals surface area contributed by atoms with Crippen molar-refractivity contribution in [2.75, 3.05) is 26.3 Å². The Kier molecular flexibility index (Phi) is 5.46. The van der Waals surface area contributed by atoms with E-state index in [1.807, 2.05) is 0 Å².